The van der Waals surface area contributed by atoms with E-state index in [1.54, 1.807) is 19.1 Å². The first-order chi connectivity index (χ1) is 9.86. The Balaban J connectivity index is 2.37. The SMILES string of the molecule is CCN(CCCNC(=O)[C@@H](N)c1ccccc1)S(C)(=O)=O. The fraction of sp³-hybridized carbons (Fsp3) is 0.500. The molecule has 0 aliphatic heterocycles. The summed E-state index contributed by atoms with van der Waals surface area (Å²) in [6.07, 6.45) is 1.73. The summed E-state index contributed by atoms with van der Waals surface area (Å²) in [6.45, 7) is 2.99. The zero-order valence-corrected chi connectivity index (χ0v) is 13.3. The van der Waals surface area contributed by atoms with Crippen molar-refractivity contribution in [2.75, 3.05) is 25.9 Å². The normalized spacial score (nSPS) is 13.1. The maximum Gasteiger partial charge on any atom is 0.241 e. The number of carbonyl (C=O) groups is 1. The molecule has 0 bridgehead atoms. The van der Waals surface area contributed by atoms with Gasteiger partial charge in [0.25, 0.3) is 0 Å². The Hall–Kier alpha value is -1.44. The molecule has 0 saturated carbocycles. The lowest BCUT2D eigenvalue weighted by Crippen LogP contribution is -2.37. The number of amides is 1. The van der Waals surface area contributed by atoms with E-state index in [4.69, 9.17) is 5.73 Å². The smallest absolute Gasteiger partial charge is 0.241 e. The van der Waals surface area contributed by atoms with Crippen LogP contribution in [0.4, 0.5) is 0 Å². The molecular formula is C14H23N3O3S. The lowest BCUT2D eigenvalue weighted by Gasteiger charge is -2.18. The van der Waals surface area contributed by atoms with Gasteiger partial charge in [-0.3, -0.25) is 4.79 Å². The minimum absolute atomic E-state index is 0.261. The highest BCUT2D eigenvalue weighted by Crippen LogP contribution is 2.09. The van der Waals surface area contributed by atoms with Crippen LogP contribution in [0.2, 0.25) is 0 Å². The Morgan fingerprint density at radius 2 is 1.95 bits per heavy atom. The van der Waals surface area contributed by atoms with Gasteiger partial charge in [0.15, 0.2) is 0 Å². The molecule has 0 spiro atoms. The second-order valence-corrected chi connectivity index (χ2v) is 6.77. The van der Waals surface area contributed by atoms with Crippen molar-refractivity contribution < 1.29 is 13.2 Å². The molecule has 0 heterocycles. The lowest BCUT2D eigenvalue weighted by molar-refractivity contribution is -0.122. The van der Waals surface area contributed by atoms with Crippen LogP contribution in [0.1, 0.15) is 24.9 Å². The van der Waals surface area contributed by atoms with Crippen LogP contribution in [0.25, 0.3) is 0 Å². The van der Waals surface area contributed by atoms with Crippen molar-refractivity contribution in [3.05, 3.63) is 35.9 Å². The summed E-state index contributed by atoms with van der Waals surface area (Å²) < 4.78 is 24.2. The van der Waals surface area contributed by atoms with E-state index in [0.29, 0.717) is 26.1 Å². The first-order valence-electron chi connectivity index (χ1n) is 6.89. The van der Waals surface area contributed by atoms with E-state index in [9.17, 15) is 13.2 Å². The predicted octanol–water partition coefficient (Wildman–Crippen LogP) is 0.474. The molecule has 0 fully saturated rings. The van der Waals surface area contributed by atoms with Crippen LogP contribution in [0.5, 0.6) is 0 Å². The van der Waals surface area contributed by atoms with Gasteiger partial charge in [-0.15, -0.1) is 0 Å². The molecule has 3 N–H and O–H groups in total. The molecule has 0 aliphatic carbocycles. The van der Waals surface area contributed by atoms with E-state index in [0.717, 1.165) is 5.56 Å². The molecule has 0 saturated heterocycles. The lowest BCUT2D eigenvalue weighted by atomic mass is 10.1. The van der Waals surface area contributed by atoms with Gasteiger partial charge in [0.1, 0.15) is 6.04 Å². The van der Waals surface area contributed by atoms with Crippen LogP contribution < -0.4 is 11.1 Å². The summed E-state index contributed by atoms with van der Waals surface area (Å²) in [4.78, 5) is 11.9. The van der Waals surface area contributed by atoms with Gasteiger partial charge in [-0.25, -0.2) is 12.7 Å². The average molecular weight is 313 g/mol. The van der Waals surface area contributed by atoms with Crippen molar-refractivity contribution in [3.63, 3.8) is 0 Å². The van der Waals surface area contributed by atoms with Gasteiger partial charge in [-0.2, -0.15) is 0 Å². The number of hydrogen-bond acceptors (Lipinski definition) is 4. The quantitative estimate of drug-likeness (QED) is 0.683. The standard InChI is InChI=1S/C14H23N3O3S/c1-3-17(21(2,19)20)11-7-10-16-14(18)13(15)12-8-5-4-6-9-12/h4-6,8-9,13H,3,7,10-11,15H2,1-2H3,(H,16,18)/t13-/m0/s1. The number of sulfonamides is 1. The van der Waals surface area contributed by atoms with Crippen molar-refractivity contribution in [1.29, 1.82) is 0 Å². The van der Waals surface area contributed by atoms with E-state index in [2.05, 4.69) is 5.32 Å². The monoisotopic (exact) mass is 313 g/mol. The molecule has 0 radical (unpaired) electrons. The van der Waals surface area contributed by atoms with Crippen molar-refractivity contribution in [2.24, 2.45) is 5.73 Å². The minimum atomic E-state index is -3.18. The molecule has 1 aromatic carbocycles. The van der Waals surface area contributed by atoms with E-state index < -0.39 is 16.1 Å². The molecule has 0 aliphatic rings. The second-order valence-electron chi connectivity index (χ2n) is 4.79. The molecule has 7 heteroatoms. The number of benzene rings is 1. The number of nitrogens with two attached hydrogens (primary N) is 1. The largest absolute Gasteiger partial charge is 0.354 e. The summed E-state index contributed by atoms with van der Waals surface area (Å²) in [7, 11) is -3.18. The highest BCUT2D eigenvalue weighted by Gasteiger charge is 2.16. The Morgan fingerprint density at radius 3 is 2.48 bits per heavy atom. The number of carbonyl (C=O) groups excluding carboxylic acids is 1. The zero-order chi connectivity index (χ0) is 15.9. The number of rotatable bonds is 8. The van der Waals surface area contributed by atoms with E-state index in [-0.39, 0.29) is 5.91 Å². The topological polar surface area (TPSA) is 92.5 Å². The maximum absolute atomic E-state index is 11.9. The second kappa shape index (κ2) is 8.11. The van der Waals surface area contributed by atoms with Gasteiger partial charge in [0.05, 0.1) is 6.26 Å². The van der Waals surface area contributed by atoms with Gasteiger partial charge in [-0.05, 0) is 12.0 Å². The average Bonchev–Trinajstić information content (AvgIpc) is 2.45. The van der Waals surface area contributed by atoms with Crippen molar-refractivity contribution in [2.45, 2.75) is 19.4 Å². The fourth-order valence-corrected chi connectivity index (χ4v) is 2.88. The third-order valence-electron chi connectivity index (χ3n) is 3.15. The van der Waals surface area contributed by atoms with Crippen LogP contribution in [0.15, 0.2) is 30.3 Å². The summed E-state index contributed by atoms with van der Waals surface area (Å²) in [5.74, 6) is -0.261. The summed E-state index contributed by atoms with van der Waals surface area (Å²) in [5.41, 5.74) is 6.61. The number of nitrogens with zero attached hydrogens (tertiary/aromatic N) is 1. The highest BCUT2D eigenvalue weighted by atomic mass is 32.2. The maximum atomic E-state index is 11.9. The van der Waals surface area contributed by atoms with Crippen LogP contribution in [0, 0.1) is 0 Å². The van der Waals surface area contributed by atoms with Gasteiger partial charge in [-0.1, -0.05) is 37.3 Å². The Morgan fingerprint density at radius 1 is 1.33 bits per heavy atom. The Kier molecular flexibility index (Phi) is 6.80. The van der Waals surface area contributed by atoms with Crippen molar-refractivity contribution in [3.8, 4) is 0 Å². The fourth-order valence-electron chi connectivity index (χ4n) is 1.95. The van der Waals surface area contributed by atoms with Crippen LogP contribution >= 0.6 is 0 Å². The van der Waals surface area contributed by atoms with Gasteiger partial charge < -0.3 is 11.1 Å². The Bertz CT molecular complexity index is 546. The highest BCUT2D eigenvalue weighted by molar-refractivity contribution is 7.88. The van der Waals surface area contributed by atoms with Gasteiger partial charge in [0.2, 0.25) is 15.9 Å². The van der Waals surface area contributed by atoms with E-state index in [1.807, 2.05) is 18.2 Å². The molecule has 118 valence electrons. The summed E-state index contributed by atoms with van der Waals surface area (Å²) in [5, 5.41) is 2.73. The minimum Gasteiger partial charge on any atom is -0.354 e. The zero-order valence-electron chi connectivity index (χ0n) is 12.5. The third kappa shape index (κ3) is 5.82. The van der Waals surface area contributed by atoms with Crippen molar-refractivity contribution in [1.82, 2.24) is 9.62 Å². The summed E-state index contributed by atoms with van der Waals surface area (Å²) in [6, 6.07) is 8.41. The number of nitrogens with one attached hydrogen (secondary N) is 1. The Labute approximate surface area is 126 Å². The molecule has 0 aromatic heterocycles. The molecular weight excluding hydrogens is 290 g/mol. The molecule has 1 rings (SSSR count). The molecule has 21 heavy (non-hydrogen) atoms. The number of hydrogen-bond donors (Lipinski definition) is 2. The third-order valence-corrected chi connectivity index (χ3v) is 4.53. The molecule has 1 aromatic rings. The van der Waals surface area contributed by atoms with Crippen LogP contribution in [-0.2, 0) is 14.8 Å². The van der Waals surface area contributed by atoms with Gasteiger partial charge >= 0.3 is 0 Å². The summed E-state index contributed by atoms with van der Waals surface area (Å²) >= 11 is 0. The molecule has 1 atom stereocenters. The van der Waals surface area contributed by atoms with Gasteiger partial charge in [0, 0.05) is 19.6 Å². The first kappa shape index (κ1) is 17.6. The predicted molar refractivity (Wildman–Crippen MR) is 83.1 cm³/mol. The van der Waals surface area contributed by atoms with Crippen LogP contribution in [-0.4, -0.2) is 44.5 Å². The van der Waals surface area contributed by atoms with E-state index >= 15 is 0 Å². The van der Waals surface area contributed by atoms with Crippen LogP contribution in [0.3, 0.4) is 0 Å². The van der Waals surface area contributed by atoms with E-state index in [1.165, 1.54) is 10.6 Å². The van der Waals surface area contributed by atoms with Crippen molar-refractivity contribution >= 4 is 15.9 Å². The first-order valence-corrected chi connectivity index (χ1v) is 8.74. The molecule has 1 amide bonds. The molecule has 6 nitrogen and oxygen atoms in total. The molecule has 0 unspecified atom stereocenters.